The molecule has 0 aromatic carbocycles. The van der Waals surface area contributed by atoms with Gasteiger partial charge in [0.25, 0.3) is 0 Å². The summed E-state index contributed by atoms with van der Waals surface area (Å²) in [5.74, 6) is -0.900. The maximum atomic E-state index is 9.83. The first-order valence-corrected chi connectivity index (χ1v) is 2.34. The molecule has 10 heavy (non-hydrogen) atoms. The van der Waals surface area contributed by atoms with Crippen LogP contribution in [0.3, 0.4) is 0 Å². The third kappa shape index (κ3) is 10.9. The Morgan fingerprint density at radius 1 is 1.50 bits per heavy atom. The molecule has 5 N–H and O–H groups in total. The monoisotopic (exact) mass is 190 g/mol. The highest BCUT2D eigenvalue weighted by Gasteiger charge is 2.03. The van der Waals surface area contributed by atoms with E-state index in [1.54, 1.807) is 0 Å². The van der Waals surface area contributed by atoms with E-state index in [4.69, 9.17) is 16.6 Å². The Kier molecular flexibility index (Phi) is 14.8. The lowest BCUT2D eigenvalue weighted by molar-refractivity contribution is -0.137. The molecule has 0 aliphatic carbocycles. The number of halogens is 2. The van der Waals surface area contributed by atoms with Gasteiger partial charge in [-0.05, 0) is 0 Å². The topological polar surface area (TPSA) is 89.3 Å². The van der Waals surface area contributed by atoms with Crippen LogP contribution in [-0.4, -0.2) is 23.7 Å². The highest BCUT2D eigenvalue weighted by atomic mass is 35.5. The zero-order chi connectivity index (χ0) is 6.57. The summed E-state index contributed by atoms with van der Waals surface area (Å²) in [4.78, 5) is 9.83. The Morgan fingerprint density at radius 3 is 2.00 bits per heavy atom. The summed E-state index contributed by atoms with van der Waals surface area (Å²) in [5, 5.41) is 8.08. The molecule has 0 aliphatic rings. The van der Waals surface area contributed by atoms with E-state index < -0.39 is 12.0 Å². The van der Waals surface area contributed by atoms with Crippen LogP contribution in [0.5, 0.6) is 0 Å². The van der Waals surface area contributed by atoms with E-state index in [1.165, 1.54) is 0 Å². The van der Waals surface area contributed by atoms with Gasteiger partial charge in [-0.15, -0.1) is 24.8 Å². The van der Waals surface area contributed by atoms with E-state index in [9.17, 15) is 4.79 Å². The minimum absolute atomic E-state index is 0. The van der Waals surface area contributed by atoms with Gasteiger partial charge >= 0.3 is 5.97 Å². The number of carboxylic acid groups (broad SMARTS) is 1. The maximum Gasteiger partial charge on any atom is 0.304 e. The molecule has 0 fully saturated rings. The predicted octanol–water partition coefficient (Wildman–Crippen LogP) is -0.409. The molecule has 64 valence electrons. The minimum atomic E-state index is -0.900. The van der Waals surface area contributed by atoms with E-state index in [1.807, 2.05) is 0 Å². The second kappa shape index (κ2) is 8.97. The Labute approximate surface area is 71.8 Å². The van der Waals surface area contributed by atoms with Gasteiger partial charge in [-0.2, -0.15) is 0 Å². The summed E-state index contributed by atoms with van der Waals surface area (Å²) in [6, 6.07) is -0.396. The fourth-order valence-corrected chi connectivity index (χ4v) is 0.308. The lowest BCUT2D eigenvalue weighted by Gasteiger charge is -2.01. The molecule has 0 saturated carbocycles. The number of nitrogens with two attached hydrogens (primary N) is 2. The number of rotatable bonds is 3. The summed E-state index contributed by atoms with van der Waals surface area (Å²) in [5.41, 5.74) is 10.2. The van der Waals surface area contributed by atoms with Crippen molar-refractivity contribution in [2.24, 2.45) is 11.5 Å². The standard InChI is InChI=1S/C4H10N2O2.2ClH/c5-2-3(6)1-4(7)8;;/h3H,1-2,5-6H2,(H,7,8);2*1H/t3-;;/m1../s1. The zero-order valence-corrected chi connectivity index (χ0v) is 6.95. The molecule has 0 amide bonds. The summed E-state index contributed by atoms with van der Waals surface area (Å²) in [7, 11) is 0. The second-order valence-corrected chi connectivity index (χ2v) is 1.59. The molecule has 0 heterocycles. The van der Waals surface area contributed by atoms with E-state index >= 15 is 0 Å². The number of hydrogen-bond acceptors (Lipinski definition) is 3. The third-order valence-electron chi connectivity index (χ3n) is 0.740. The molecule has 0 rings (SSSR count). The molecule has 0 radical (unpaired) electrons. The average Bonchev–Trinajstić information content (AvgIpc) is 1.65. The molecule has 0 spiro atoms. The van der Waals surface area contributed by atoms with Gasteiger partial charge in [0.15, 0.2) is 0 Å². The first kappa shape index (κ1) is 16.5. The molecule has 6 heteroatoms. The Bertz CT molecular complexity index is 91.3. The van der Waals surface area contributed by atoms with E-state index in [2.05, 4.69) is 0 Å². The quantitative estimate of drug-likeness (QED) is 0.565. The first-order chi connectivity index (χ1) is 3.66. The van der Waals surface area contributed by atoms with Gasteiger partial charge < -0.3 is 16.6 Å². The number of aliphatic carboxylic acids is 1. The normalized spacial score (nSPS) is 10.6. The third-order valence-corrected chi connectivity index (χ3v) is 0.740. The predicted molar refractivity (Wildman–Crippen MR) is 43.8 cm³/mol. The van der Waals surface area contributed by atoms with Crippen molar-refractivity contribution in [2.75, 3.05) is 6.54 Å². The van der Waals surface area contributed by atoms with Crippen molar-refractivity contribution in [2.45, 2.75) is 12.5 Å². The van der Waals surface area contributed by atoms with Crippen LogP contribution in [-0.2, 0) is 4.79 Å². The molecular weight excluding hydrogens is 179 g/mol. The van der Waals surface area contributed by atoms with Crippen LogP contribution in [0, 0.1) is 0 Å². The van der Waals surface area contributed by atoms with E-state index in [0.29, 0.717) is 0 Å². The van der Waals surface area contributed by atoms with Crippen LogP contribution >= 0.6 is 24.8 Å². The van der Waals surface area contributed by atoms with Crippen molar-refractivity contribution < 1.29 is 9.90 Å². The van der Waals surface area contributed by atoms with Crippen LogP contribution in [0.25, 0.3) is 0 Å². The van der Waals surface area contributed by atoms with Crippen LogP contribution in [0.2, 0.25) is 0 Å². The Hall–Kier alpha value is -0.0300. The molecule has 0 unspecified atom stereocenters. The van der Waals surface area contributed by atoms with Gasteiger partial charge in [-0.25, -0.2) is 0 Å². The lowest BCUT2D eigenvalue weighted by atomic mass is 10.2. The van der Waals surface area contributed by atoms with Gasteiger partial charge in [-0.1, -0.05) is 0 Å². The van der Waals surface area contributed by atoms with Gasteiger partial charge in [0.2, 0.25) is 0 Å². The van der Waals surface area contributed by atoms with Crippen molar-refractivity contribution in [3.8, 4) is 0 Å². The molecule has 0 aromatic heterocycles. The van der Waals surface area contributed by atoms with Crippen molar-refractivity contribution in [1.82, 2.24) is 0 Å². The van der Waals surface area contributed by atoms with E-state index in [0.717, 1.165) is 0 Å². The first-order valence-electron chi connectivity index (χ1n) is 2.34. The van der Waals surface area contributed by atoms with Crippen molar-refractivity contribution >= 4 is 30.8 Å². The molecule has 0 aromatic rings. The second-order valence-electron chi connectivity index (χ2n) is 1.59. The maximum absolute atomic E-state index is 9.83. The van der Waals surface area contributed by atoms with Crippen molar-refractivity contribution in [3.63, 3.8) is 0 Å². The number of hydrogen-bond donors (Lipinski definition) is 3. The number of carbonyl (C=O) groups is 1. The molecule has 0 saturated heterocycles. The van der Waals surface area contributed by atoms with Gasteiger partial charge in [0, 0.05) is 12.6 Å². The minimum Gasteiger partial charge on any atom is -0.481 e. The Balaban J connectivity index is -0.000000245. The molecular formula is C4H12Cl2N2O2. The number of carboxylic acids is 1. The SMILES string of the molecule is Cl.Cl.NC[C@H](N)CC(=O)O. The smallest absolute Gasteiger partial charge is 0.304 e. The highest BCUT2D eigenvalue weighted by Crippen LogP contribution is 1.82. The summed E-state index contributed by atoms with van der Waals surface area (Å²) >= 11 is 0. The molecule has 1 atom stereocenters. The fraction of sp³-hybridized carbons (Fsp3) is 0.750. The highest BCUT2D eigenvalue weighted by molar-refractivity contribution is 5.85. The van der Waals surface area contributed by atoms with Crippen molar-refractivity contribution in [1.29, 1.82) is 0 Å². The van der Waals surface area contributed by atoms with Crippen LogP contribution < -0.4 is 11.5 Å². The summed E-state index contributed by atoms with van der Waals surface area (Å²) < 4.78 is 0. The molecule has 0 bridgehead atoms. The largest absolute Gasteiger partial charge is 0.481 e. The summed E-state index contributed by atoms with van der Waals surface area (Å²) in [6.45, 7) is 0.228. The molecule has 4 nitrogen and oxygen atoms in total. The van der Waals surface area contributed by atoms with Crippen molar-refractivity contribution in [3.05, 3.63) is 0 Å². The average molecular weight is 191 g/mol. The summed E-state index contributed by atoms with van der Waals surface area (Å²) in [6.07, 6.45) is -0.0451. The van der Waals surface area contributed by atoms with Gasteiger partial charge in [0.05, 0.1) is 6.42 Å². The van der Waals surface area contributed by atoms with Crippen LogP contribution in [0.1, 0.15) is 6.42 Å². The van der Waals surface area contributed by atoms with Gasteiger partial charge in [-0.3, -0.25) is 4.79 Å². The van der Waals surface area contributed by atoms with Crippen LogP contribution in [0.15, 0.2) is 0 Å². The fourth-order valence-electron chi connectivity index (χ4n) is 0.308. The van der Waals surface area contributed by atoms with Crippen LogP contribution in [0.4, 0.5) is 0 Å². The molecule has 0 aliphatic heterocycles. The van der Waals surface area contributed by atoms with Gasteiger partial charge in [0.1, 0.15) is 0 Å². The lowest BCUT2D eigenvalue weighted by Crippen LogP contribution is -2.31. The Morgan fingerprint density at radius 2 is 1.90 bits per heavy atom. The van der Waals surface area contributed by atoms with E-state index in [-0.39, 0.29) is 37.8 Å². The zero-order valence-electron chi connectivity index (χ0n) is 5.32.